The molecule has 7 amide bonds. The van der Waals surface area contributed by atoms with Gasteiger partial charge in [0.1, 0.15) is 12.1 Å². The van der Waals surface area contributed by atoms with E-state index in [-0.39, 0.29) is 48.7 Å². The summed E-state index contributed by atoms with van der Waals surface area (Å²) in [6.45, 7) is 3.41. The molecule has 21 heteroatoms. The molecule has 0 saturated carbocycles. The molecule has 3 aliphatic rings. The van der Waals surface area contributed by atoms with Crippen molar-refractivity contribution in [3.05, 3.63) is 124 Å². The summed E-state index contributed by atoms with van der Waals surface area (Å²) >= 11 is 1.23. The summed E-state index contributed by atoms with van der Waals surface area (Å²) in [4.78, 5) is 99.7. The molecule has 0 spiro atoms. The molecule has 67 heavy (non-hydrogen) atoms. The second kappa shape index (κ2) is 20.2. The van der Waals surface area contributed by atoms with Gasteiger partial charge in [-0.25, -0.2) is 13.4 Å². The standard InChI is InChI=1S/C46H47N9O10S2/c1-67(63,64)54-18-15-32(25-54)41(58)48-36(42(59)51-46-49-37(28-66-46)31-5-3-2-4-6-31)27-65-26-30-9-7-29(8-10-30)24-47-39(56)16-17-52-19-21-53(22-20-52)33-11-12-34-35(23-33)45(62)55(44(34)61)38-13-14-40(57)50-43(38)60/h2-12,15,18,23,25,28,36,38H,13-14,16-17,19-22,24,26-27H2,1H3,(H,47,56)(H,48,58)(H,49,51,59)(H,50,57,60)/t36-,38?/m0/s1. The maximum Gasteiger partial charge on any atom is 0.262 e. The summed E-state index contributed by atoms with van der Waals surface area (Å²) in [5.74, 6) is -3.52. The highest BCUT2D eigenvalue weighted by Crippen LogP contribution is 2.31. The van der Waals surface area contributed by atoms with Crippen LogP contribution in [0.2, 0.25) is 0 Å². The second-order valence-electron chi connectivity index (χ2n) is 16.3. The Balaban J connectivity index is 0.776. The Kier molecular flexibility index (Phi) is 14.0. The number of amides is 7. The third kappa shape index (κ3) is 11.1. The summed E-state index contributed by atoms with van der Waals surface area (Å²) in [5.41, 5.74) is 4.49. The zero-order valence-corrected chi connectivity index (χ0v) is 37.9. The number of rotatable bonds is 17. The Labute approximate surface area is 389 Å². The molecule has 8 rings (SSSR count). The van der Waals surface area contributed by atoms with Crippen molar-refractivity contribution in [1.29, 1.82) is 0 Å². The lowest BCUT2D eigenvalue weighted by Gasteiger charge is -2.36. The van der Waals surface area contributed by atoms with Gasteiger partial charge < -0.3 is 25.6 Å². The minimum atomic E-state index is -3.63. The Morgan fingerprint density at radius 2 is 1.64 bits per heavy atom. The Bertz CT molecular complexity index is 2820. The van der Waals surface area contributed by atoms with Gasteiger partial charge in [-0.15, -0.1) is 11.3 Å². The van der Waals surface area contributed by atoms with Gasteiger partial charge in [0, 0.05) is 81.1 Å². The number of hydrogen-bond acceptors (Lipinski definition) is 14. The van der Waals surface area contributed by atoms with E-state index in [1.165, 1.54) is 29.8 Å². The van der Waals surface area contributed by atoms with Crippen LogP contribution < -0.4 is 26.2 Å². The monoisotopic (exact) mass is 949 g/mol. The van der Waals surface area contributed by atoms with E-state index in [2.05, 4.69) is 36.1 Å². The summed E-state index contributed by atoms with van der Waals surface area (Å²) in [6.07, 6.45) is 3.86. The molecule has 3 aromatic carbocycles. The Morgan fingerprint density at radius 1 is 0.910 bits per heavy atom. The molecule has 0 bridgehead atoms. The van der Waals surface area contributed by atoms with Crippen LogP contribution in [0.4, 0.5) is 10.8 Å². The van der Waals surface area contributed by atoms with E-state index in [1.807, 2.05) is 60.0 Å². The van der Waals surface area contributed by atoms with Crippen LogP contribution in [0.1, 0.15) is 61.5 Å². The van der Waals surface area contributed by atoms with Gasteiger partial charge in [0.05, 0.1) is 41.9 Å². The van der Waals surface area contributed by atoms with Gasteiger partial charge in [0.25, 0.3) is 23.6 Å². The molecule has 19 nitrogen and oxygen atoms in total. The number of fused-ring (bicyclic) bond motifs is 1. The maximum atomic E-state index is 13.5. The number of carbonyl (C=O) groups excluding carboxylic acids is 7. The van der Waals surface area contributed by atoms with Crippen LogP contribution in [0.3, 0.4) is 0 Å². The molecule has 5 aromatic rings. The van der Waals surface area contributed by atoms with Gasteiger partial charge in [-0.3, -0.25) is 52.7 Å². The molecule has 2 atom stereocenters. The van der Waals surface area contributed by atoms with E-state index in [0.29, 0.717) is 56.5 Å². The number of piperazine rings is 1. The molecule has 1 unspecified atom stereocenters. The number of nitrogens with one attached hydrogen (secondary N) is 4. The molecular formula is C46H47N9O10S2. The van der Waals surface area contributed by atoms with Crippen molar-refractivity contribution in [3.63, 3.8) is 0 Å². The molecule has 348 valence electrons. The van der Waals surface area contributed by atoms with Crippen molar-refractivity contribution in [1.82, 2.24) is 34.7 Å². The third-order valence-corrected chi connectivity index (χ3v) is 13.4. The number of piperidine rings is 1. The SMILES string of the molecule is CS(=O)(=O)n1ccc(C(=O)N[C@@H](COCc2ccc(CNC(=O)CCN3CCN(c4ccc5c(c4)C(=O)N(C4CCC(=O)NC4=O)C5=O)CC3)cc2)C(=O)Nc2nc(-c3ccccc3)cs2)c1. The van der Waals surface area contributed by atoms with Crippen LogP contribution in [0.5, 0.6) is 0 Å². The fraction of sp³-hybridized carbons (Fsp3) is 0.304. The summed E-state index contributed by atoms with van der Waals surface area (Å²) in [7, 11) is -3.63. The van der Waals surface area contributed by atoms with E-state index in [1.54, 1.807) is 18.2 Å². The lowest BCUT2D eigenvalue weighted by atomic mass is 10.0. The number of nitrogens with zero attached hydrogens (tertiary/aromatic N) is 5. The normalized spacial score (nSPS) is 16.9. The summed E-state index contributed by atoms with van der Waals surface area (Å²) in [5, 5.41) is 12.7. The average molecular weight is 950 g/mol. The van der Waals surface area contributed by atoms with Crippen molar-refractivity contribution < 1.29 is 46.7 Å². The largest absolute Gasteiger partial charge is 0.374 e. The zero-order valence-electron chi connectivity index (χ0n) is 36.3. The number of thiazole rings is 1. The van der Waals surface area contributed by atoms with Crippen molar-refractivity contribution in [2.24, 2.45) is 0 Å². The number of imide groups is 2. The lowest BCUT2D eigenvalue weighted by Crippen LogP contribution is -2.54. The third-order valence-electron chi connectivity index (χ3n) is 11.6. The topological polar surface area (TPSA) is 239 Å². The van der Waals surface area contributed by atoms with Crippen molar-refractivity contribution in [2.45, 2.75) is 44.5 Å². The summed E-state index contributed by atoms with van der Waals surface area (Å²) in [6, 6.07) is 21.1. The molecule has 3 aliphatic heterocycles. The van der Waals surface area contributed by atoms with Gasteiger partial charge in [0.15, 0.2) is 5.13 Å². The van der Waals surface area contributed by atoms with Crippen LogP contribution in [0, 0.1) is 0 Å². The van der Waals surface area contributed by atoms with Gasteiger partial charge in [-0.05, 0) is 41.8 Å². The second-order valence-corrected chi connectivity index (χ2v) is 19.0. The van der Waals surface area contributed by atoms with Crippen molar-refractivity contribution in [3.8, 4) is 11.3 Å². The molecule has 0 aliphatic carbocycles. The highest BCUT2D eigenvalue weighted by molar-refractivity contribution is 7.89. The molecule has 0 radical (unpaired) electrons. The molecule has 5 heterocycles. The number of benzene rings is 3. The zero-order chi connectivity index (χ0) is 47.2. The summed E-state index contributed by atoms with van der Waals surface area (Å²) < 4.78 is 30.8. The molecule has 2 aromatic heterocycles. The number of ether oxygens (including phenoxy) is 1. The fourth-order valence-corrected chi connectivity index (χ4v) is 9.20. The number of carbonyl (C=O) groups is 7. The average Bonchev–Trinajstić information content (AvgIpc) is 4.07. The van der Waals surface area contributed by atoms with Gasteiger partial charge in [0.2, 0.25) is 27.7 Å². The van der Waals surface area contributed by atoms with E-state index in [9.17, 15) is 42.0 Å². The Morgan fingerprint density at radius 3 is 2.36 bits per heavy atom. The van der Waals surface area contributed by atoms with Gasteiger partial charge in [-0.2, -0.15) is 0 Å². The van der Waals surface area contributed by atoms with E-state index in [4.69, 9.17) is 4.74 Å². The first-order valence-corrected chi connectivity index (χ1v) is 24.2. The molecule has 2 fully saturated rings. The van der Waals surface area contributed by atoms with Gasteiger partial charge >= 0.3 is 0 Å². The van der Waals surface area contributed by atoms with Crippen LogP contribution in [0.15, 0.2) is 96.6 Å². The van der Waals surface area contributed by atoms with E-state index in [0.717, 1.165) is 37.5 Å². The number of anilines is 2. The lowest BCUT2D eigenvalue weighted by molar-refractivity contribution is -0.136. The molecule has 2 saturated heterocycles. The predicted molar refractivity (Wildman–Crippen MR) is 246 cm³/mol. The number of hydrogen-bond donors (Lipinski definition) is 4. The molecule has 4 N–H and O–H groups in total. The first-order valence-electron chi connectivity index (χ1n) is 21.5. The maximum absolute atomic E-state index is 13.5. The fourth-order valence-electron chi connectivity index (χ4n) is 7.89. The smallest absolute Gasteiger partial charge is 0.262 e. The highest BCUT2D eigenvalue weighted by Gasteiger charge is 2.45. The van der Waals surface area contributed by atoms with Crippen LogP contribution in [-0.2, 0) is 47.1 Å². The highest BCUT2D eigenvalue weighted by atomic mass is 32.2. The van der Waals surface area contributed by atoms with Crippen LogP contribution in [-0.4, -0.2) is 126 Å². The quantitative estimate of drug-likeness (QED) is 0.0983. The van der Waals surface area contributed by atoms with E-state index >= 15 is 0 Å². The minimum Gasteiger partial charge on any atom is -0.374 e. The molecular weight excluding hydrogens is 903 g/mol. The number of aromatic nitrogens is 2. The Hall–Kier alpha value is -7.07. The van der Waals surface area contributed by atoms with Gasteiger partial charge in [-0.1, -0.05) is 54.6 Å². The van der Waals surface area contributed by atoms with E-state index < -0.39 is 57.6 Å². The first-order chi connectivity index (χ1) is 32.2. The first kappa shape index (κ1) is 46.5. The van der Waals surface area contributed by atoms with Crippen molar-refractivity contribution >= 4 is 73.5 Å². The van der Waals surface area contributed by atoms with Crippen molar-refractivity contribution in [2.75, 3.05) is 55.8 Å². The van der Waals surface area contributed by atoms with Crippen LogP contribution in [0.25, 0.3) is 11.3 Å². The predicted octanol–water partition coefficient (Wildman–Crippen LogP) is 2.60. The minimum absolute atomic E-state index is 0.0438. The van der Waals surface area contributed by atoms with Crippen LogP contribution >= 0.6 is 11.3 Å².